The topological polar surface area (TPSA) is 66.4 Å². The van der Waals surface area contributed by atoms with Gasteiger partial charge in [0.05, 0.1) is 4.90 Å². The van der Waals surface area contributed by atoms with Gasteiger partial charge < -0.3 is 5.11 Å². The van der Waals surface area contributed by atoms with Gasteiger partial charge in [-0.15, -0.1) is 0 Å². The molecule has 1 aromatic rings. The summed E-state index contributed by atoms with van der Waals surface area (Å²) in [7, 11) is -3.52. The summed E-state index contributed by atoms with van der Waals surface area (Å²) in [5, 5.41) is 9.29. The predicted molar refractivity (Wildman–Crippen MR) is 76.9 cm³/mol. The van der Waals surface area contributed by atoms with E-state index in [1.807, 2.05) is 6.92 Å². The molecule has 0 radical (unpaired) electrons. The lowest BCUT2D eigenvalue weighted by atomic mass is 10.1. The molecule has 2 N–H and O–H groups in total. The molecule has 0 heterocycles. The number of rotatable bonds is 7. The number of aliphatic hydroxyl groups excluding tert-OH is 1. The van der Waals surface area contributed by atoms with Crippen LogP contribution in [0.5, 0.6) is 0 Å². The molecule has 1 rings (SSSR count). The van der Waals surface area contributed by atoms with Crippen molar-refractivity contribution in [2.24, 2.45) is 5.92 Å². The van der Waals surface area contributed by atoms with Crippen molar-refractivity contribution in [3.63, 3.8) is 0 Å². The van der Waals surface area contributed by atoms with Crippen LogP contribution < -0.4 is 4.72 Å². The zero-order chi connectivity index (χ0) is 14.5. The summed E-state index contributed by atoms with van der Waals surface area (Å²) in [6, 6.07) is 4.80. The van der Waals surface area contributed by atoms with E-state index in [2.05, 4.69) is 4.72 Å². The first-order valence-electron chi connectivity index (χ1n) is 6.23. The normalized spacial score (nSPS) is 13.5. The van der Waals surface area contributed by atoms with Gasteiger partial charge in [0.25, 0.3) is 0 Å². The van der Waals surface area contributed by atoms with Crippen molar-refractivity contribution in [3.05, 3.63) is 28.8 Å². The van der Waals surface area contributed by atoms with Gasteiger partial charge in [0, 0.05) is 18.2 Å². The van der Waals surface area contributed by atoms with E-state index in [1.165, 1.54) is 6.07 Å². The molecule has 0 aliphatic rings. The fraction of sp³-hybridized carbons (Fsp3) is 0.538. The van der Waals surface area contributed by atoms with Crippen LogP contribution in [0.3, 0.4) is 0 Å². The van der Waals surface area contributed by atoms with Gasteiger partial charge in [-0.05, 0) is 43.4 Å². The summed E-state index contributed by atoms with van der Waals surface area (Å²) in [4.78, 5) is 0.218. The monoisotopic (exact) mass is 305 g/mol. The molecule has 0 saturated heterocycles. The second kappa shape index (κ2) is 7.24. The molecule has 0 aliphatic heterocycles. The van der Waals surface area contributed by atoms with Gasteiger partial charge in [-0.2, -0.15) is 0 Å². The number of halogens is 1. The molecule has 0 fully saturated rings. The number of hydrogen-bond donors (Lipinski definition) is 2. The maximum atomic E-state index is 12.1. The molecule has 6 heteroatoms. The summed E-state index contributed by atoms with van der Waals surface area (Å²) in [5.41, 5.74) is 0.667. The van der Waals surface area contributed by atoms with E-state index in [0.29, 0.717) is 23.6 Å². The average Bonchev–Trinajstić information content (AvgIpc) is 2.37. The Labute approximate surface area is 119 Å². The Balaban J connectivity index is 2.64. The Hall–Kier alpha value is -0.620. The molecule has 0 spiro atoms. The molecule has 1 unspecified atom stereocenters. The number of benzene rings is 1. The lowest BCUT2D eigenvalue weighted by molar-refractivity contribution is 0.228. The van der Waals surface area contributed by atoms with Crippen LogP contribution in [0.4, 0.5) is 0 Å². The number of aliphatic hydroxyl groups is 1. The molecule has 0 aliphatic carbocycles. The lowest BCUT2D eigenvalue weighted by Crippen LogP contribution is -2.26. The summed E-state index contributed by atoms with van der Waals surface area (Å²) in [5.74, 6) is 0.192. The van der Waals surface area contributed by atoms with Crippen molar-refractivity contribution < 1.29 is 13.5 Å². The Morgan fingerprint density at radius 2 is 2.11 bits per heavy atom. The quantitative estimate of drug-likeness (QED) is 0.760. The summed E-state index contributed by atoms with van der Waals surface area (Å²) >= 11 is 5.82. The predicted octanol–water partition coefficient (Wildman–Crippen LogP) is 2.34. The minimum Gasteiger partial charge on any atom is -0.396 e. The van der Waals surface area contributed by atoms with E-state index < -0.39 is 10.0 Å². The summed E-state index contributed by atoms with van der Waals surface area (Å²) < 4.78 is 26.8. The molecular weight excluding hydrogens is 286 g/mol. The number of aryl methyl sites for hydroxylation is 1. The maximum Gasteiger partial charge on any atom is 0.240 e. The molecule has 0 aromatic heterocycles. The van der Waals surface area contributed by atoms with Gasteiger partial charge in [0.2, 0.25) is 10.0 Å². The zero-order valence-electron chi connectivity index (χ0n) is 11.2. The molecule has 4 nitrogen and oxygen atoms in total. The van der Waals surface area contributed by atoms with Crippen molar-refractivity contribution in [2.75, 3.05) is 13.2 Å². The van der Waals surface area contributed by atoms with E-state index in [-0.39, 0.29) is 17.4 Å². The van der Waals surface area contributed by atoms with Gasteiger partial charge in [0.1, 0.15) is 0 Å². The second-order valence-electron chi connectivity index (χ2n) is 4.74. The first kappa shape index (κ1) is 16.4. The van der Waals surface area contributed by atoms with Gasteiger partial charge in [-0.25, -0.2) is 13.1 Å². The molecular formula is C13H20ClNO3S. The highest BCUT2D eigenvalue weighted by Crippen LogP contribution is 2.20. The highest BCUT2D eigenvalue weighted by molar-refractivity contribution is 7.89. The largest absolute Gasteiger partial charge is 0.396 e. The fourth-order valence-electron chi connectivity index (χ4n) is 1.69. The maximum absolute atomic E-state index is 12.1. The Morgan fingerprint density at radius 3 is 2.74 bits per heavy atom. The minimum atomic E-state index is -3.52. The van der Waals surface area contributed by atoms with Crippen LogP contribution in [0.1, 0.15) is 25.3 Å². The number of hydrogen-bond acceptors (Lipinski definition) is 3. The van der Waals surface area contributed by atoms with Gasteiger partial charge in [0.15, 0.2) is 0 Å². The van der Waals surface area contributed by atoms with E-state index in [4.69, 9.17) is 16.7 Å². The Kier molecular flexibility index (Phi) is 6.26. The van der Waals surface area contributed by atoms with Crippen molar-refractivity contribution >= 4 is 21.6 Å². The van der Waals surface area contributed by atoms with Crippen molar-refractivity contribution in [1.82, 2.24) is 4.72 Å². The molecule has 108 valence electrons. The molecule has 1 aromatic carbocycles. The fourth-order valence-corrected chi connectivity index (χ4v) is 3.27. The van der Waals surface area contributed by atoms with Crippen LogP contribution >= 0.6 is 11.6 Å². The molecule has 1 atom stereocenters. The summed E-state index contributed by atoms with van der Waals surface area (Å²) in [6.07, 6.45) is 1.48. The Bertz CT molecular complexity index is 517. The van der Waals surface area contributed by atoms with Crippen LogP contribution in [0, 0.1) is 12.8 Å². The third kappa shape index (κ3) is 5.10. The van der Waals surface area contributed by atoms with Gasteiger partial charge >= 0.3 is 0 Å². The SMILES string of the molecule is Cc1ccc(Cl)cc1S(=O)(=O)NCCCC(C)CO. The van der Waals surface area contributed by atoms with Crippen LogP contribution in [0.15, 0.2) is 23.1 Å². The van der Waals surface area contributed by atoms with Gasteiger partial charge in [-0.1, -0.05) is 24.6 Å². The van der Waals surface area contributed by atoms with Gasteiger partial charge in [-0.3, -0.25) is 0 Å². The van der Waals surface area contributed by atoms with E-state index in [1.54, 1.807) is 19.1 Å². The standard InChI is InChI=1S/C13H20ClNO3S/c1-10(9-16)4-3-7-15-19(17,18)13-8-12(14)6-5-11(13)2/h5-6,8,10,15-16H,3-4,7,9H2,1-2H3. The highest BCUT2D eigenvalue weighted by Gasteiger charge is 2.16. The van der Waals surface area contributed by atoms with Crippen LogP contribution in [0.25, 0.3) is 0 Å². The van der Waals surface area contributed by atoms with E-state index in [9.17, 15) is 8.42 Å². The molecule has 0 amide bonds. The van der Waals surface area contributed by atoms with Crippen LogP contribution in [0.2, 0.25) is 5.02 Å². The minimum absolute atomic E-state index is 0.125. The lowest BCUT2D eigenvalue weighted by Gasteiger charge is -2.11. The molecule has 19 heavy (non-hydrogen) atoms. The average molecular weight is 306 g/mol. The molecule has 0 saturated carbocycles. The second-order valence-corrected chi connectivity index (χ2v) is 6.91. The van der Waals surface area contributed by atoms with Crippen LogP contribution in [-0.4, -0.2) is 26.7 Å². The van der Waals surface area contributed by atoms with E-state index in [0.717, 1.165) is 6.42 Å². The first-order valence-corrected chi connectivity index (χ1v) is 8.09. The van der Waals surface area contributed by atoms with E-state index >= 15 is 0 Å². The third-order valence-corrected chi connectivity index (χ3v) is 4.76. The number of sulfonamides is 1. The van der Waals surface area contributed by atoms with Crippen molar-refractivity contribution in [1.29, 1.82) is 0 Å². The van der Waals surface area contributed by atoms with Crippen molar-refractivity contribution in [3.8, 4) is 0 Å². The highest BCUT2D eigenvalue weighted by atomic mass is 35.5. The Morgan fingerprint density at radius 1 is 1.42 bits per heavy atom. The smallest absolute Gasteiger partial charge is 0.240 e. The number of nitrogens with one attached hydrogen (secondary N) is 1. The van der Waals surface area contributed by atoms with Crippen LogP contribution in [-0.2, 0) is 10.0 Å². The first-order chi connectivity index (χ1) is 8.86. The summed E-state index contributed by atoms with van der Waals surface area (Å²) in [6.45, 7) is 4.15. The molecule has 0 bridgehead atoms. The third-order valence-electron chi connectivity index (χ3n) is 2.92. The zero-order valence-corrected chi connectivity index (χ0v) is 12.8. The van der Waals surface area contributed by atoms with Crippen molar-refractivity contribution in [2.45, 2.75) is 31.6 Å².